The lowest BCUT2D eigenvalue weighted by atomic mass is 10.0. The molecular weight excluding hydrogens is 247 g/mol. The van der Waals surface area contributed by atoms with Gasteiger partial charge < -0.3 is 10.0 Å². The van der Waals surface area contributed by atoms with Gasteiger partial charge >= 0.3 is 5.97 Å². The Morgan fingerprint density at radius 2 is 2.00 bits per heavy atom. The van der Waals surface area contributed by atoms with Crippen LogP contribution in [0.5, 0.6) is 0 Å². The molecule has 0 bridgehead atoms. The van der Waals surface area contributed by atoms with Crippen LogP contribution < -0.4 is 4.90 Å². The third-order valence-corrected chi connectivity index (χ3v) is 3.68. The van der Waals surface area contributed by atoms with Crippen LogP contribution in [0.15, 0.2) is 24.3 Å². The molecule has 5 heteroatoms. The van der Waals surface area contributed by atoms with Gasteiger partial charge in [-0.15, -0.1) is 0 Å². The summed E-state index contributed by atoms with van der Waals surface area (Å²) >= 11 is 0. The first kappa shape index (κ1) is 13.8. The average molecular weight is 266 g/mol. The number of halogens is 1. The van der Waals surface area contributed by atoms with Crippen LogP contribution in [0.1, 0.15) is 13.3 Å². The van der Waals surface area contributed by atoms with E-state index in [-0.39, 0.29) is 24.3 Å². The summed E-state index contributed by atoms with van der Waals surface area (Å²) in [5.74, 6) is -1.04. The van der Waals surface area contributed by atoms with Crippen molar-refractivity contribution in [1.82, 2.24) is 4.90 Å². The van der Waals surface area contributed by atoms with Crippen molar-refractivity contribution in [1.29, 1.82) is 0 Å². The normalized spacial score (nSPS) is 24.5. The highest BCUT2D eigenvalue weighted by Gasteiger charge is 2.30. The van der Waals surface area contributed by atoms with Gasteiger partial charge in [0.2, 0.25) is 0 Å². The molecule has 0 aliphatic carbocycles. The number of hydrogen-bond acceptors (Lipinski definition) is 3. The Kier molecular flexibility index (Phi) is 4.04. The number of benzene rings is 1. The van der Waals surface area contributed by atoms with Crippen LogP contribution in [0.4, 0.5) is 10.1 Å². The smallest absolute Gasteiger partial charge is 0.305 e. The van der Waals surface area contributed by atoms with Crippen LogP contribution in [0.2, 0.25) is 0 Å². The third kappa shape index (κ3) is 3.23. The number of hydrogen-bond donors (Lipinski definition) is 1. The Morgan fingerprint density at radius 3 is 2.58 bits per heavy atom. The van der Waals surface area contributed by atoms with Crippen molar-refractivity contribution < 1.29 is 14.3 Å². The Hall–Kier alpha value is -1.62. The molecule has 104 valence electrons. The second kappa shape index (κ2) is 5.57. The Bertz CT molecular complexity index is 449. The van der Waals surface area contributed by atoms with E-state index in [4.69, 9.17) is 5.11 Å². The largest absolute Gasteiger partial charge is 0.481 e. The minimum atomic E-state index is -0.787. The minimum Gasteiger partial charge on any atom is -0.481 e. The van der Waals surface area contributed by atoms with Crippen LogP contribution in [-0.2, 0) is 4.79 Å². The lowest BCUT2D eigenvalue weighted by Gasteiger charge is -2.44. The zero-order valence-corrected chi connectivity index (χ0v) is 11.2. The molecule has 19 heavy (non-hydrogen) atoms. The Morgan fingerprint density at radius 1 is 1.37 bits per heavy atom. The van der Waals surface area contributed by atoms with Crippen molar-refractivity contribution in [2.45, 2.75) is 25.4 Å². The lowest BCUT2D eigenvalue weighted by Crippen LogP contribution is -2.56. The summed E-state index contributed by atoms with van der Waals surface area (Å²) in [7, 11) is 1.95. The lowest BCUT2D eigenvalue weighted by molar-refractivity contribution is -0.138. The first-order valence-corrected chi connectivity index (χ1v) is 6.41. The average Bonchev–Trinajstić information content (AvgIpc) is 2.33. The first-order chi connectivity index (χ1) is 8.97. The summed E-state index contributed by atoms with van der Waals surface area (Å²) in [4.78, 5) is 15.1. The summed E-state index contributed by atoms with van der Waals surface area (Å²) < 4.78 is 13.0. The van der Waals surface area contributed by atoms with Crippen LogP contribution in [0.25, 0.3) is 0 Å². The van der Waals surface area contributed by atoms with Gasteiger partial charge in [0.05, 0.1) is 6.42 Å². The SMILES string of the molecule is CC1CN(C)C(CC(=O)O)CN1c1ccc(F)cc1. The van der Waals surface area contributed by atoms with Gasteiger partial charge in [0, 0.05) is 30.9 Å². The zero-order valence-electron chi connectivity index (χ0n) is 11.2. The molecule has 4 nitrogen and oxygen atoms in total. The molecule has 1 fully saturated rings. The Labute approximate surface area is 112 Å². The number of carbonyl (C=O) groups is 1. The van der Waals surface area contributed by atoms with E-state index in [0.29, 0.717) is 6.54 Å². The van der Waals surface area contributed by atoms with Crippen molar-refractivity contribution in [3.8, 4) is 0 Å². The molecule has 2 atom stereocenters. The predicted octanol–water partition coefficient (Wildman–Crippen LogP) is 1.81. The van der Waals surface area contributed by atoms with Crippen molar-refractivity contribution in [3.63, 3.8) is 0 Å². The van der Waals surface area contributed by atoms with Gasteiger partial charge in [0.25, 0.3) is 0 Å². The molecule has 1 saturated heterocycles. The second-order valence-corrected chi connectivity index (χ2v) is 5.17. The highest BCUT2D eigenvalue weighted by atomic mass is 19.1. The maximum absolute atomic E-state index is 13.0. The molecular formula is C14H19FN2O2. The molecule has 2 unspecified atom stereocenters. The molecule has 0 saturated carbocycles. The van der Waals surface area contributed by atoms with Gasteiger partial charge in [-0.05, 0) is 38.2 Å². The number of anilines is 1. The summed E-state index contributed by atoms with van der Waals surface area (Å²) in [5.41, 5.74) is 0.942. The van der Waals surface area contributed by atoms with E-state index in [1.54, 1.807) is 12.1 Å². The number of rotatable bonds is 3. The minimum absolute atomic E-state index is 0.0150. The molecule has 1 aromatic carbocycles. The number of carboxylic acid groups (broad SMARTS) is 1. The van der Waals surface area contributed by atoms with Gasteiger partial charge in [-0.25, -0.2) is 4.39 Å². The van der Waals surface area contributed by atoms with Gasteiger partial charge in [0.15, 0.2) is 0 Å². The fraction of sp³-hybridized carbons (Fsp3) is 0.500. The first-order valence-electron chi connectivity index (χ1n) is 6.41. The number of aliphatic carboxylic acids is 1. The van der Waals surface area contributed by atoms with Crippen LogP contribution in [-0.4, -0.2) is 48.2 Å². The third-order valence-electron chi connectivity index (χ3n) is 3.68. The van der Waals surface area contributed by atoms with Gasteiger partial charge in [-0.3, -0.25) is 9.69 Å². The zero-order chi connectivity index (χ0) is 14.0. The summed E-state index contributed by atoms with van der Waals surface area (Å²) in [5, 5.41) is 8.95. The molecule has 2 rings (SSSR count). The van der Waals surface area contributed by atoms with E-state index in [1.165, 1.54) is 12.1 Å². The van der Waals surface area contributed by atoms with E-state index in [2.05, 4.69) is 16.7 Å². The number of nitrogens with zero attached hydrogens (tertiary/aromatic N) is 2. The van der Waals surface area contributed by atoms with E-state index >= 15 is 0 Å². The van der Waals surface area contributed by atoms with Crippen LogP contribution >= 0.6 is 0 Å². The summed E-state index contributed by atoms with van der Waals surface area (Å²) in [6.07, 6.45) is 0.126. The van der Waals surface area contributed by atoms with Gasteiger partial charge in [-0.2, -0.15) is 0 Å². The standard InChI is InChI=1S/C14H19FN2O2/c1-10-8-16(2)13(7-14(18)19)9-17(10)12-5-3-11(15)4-6-12/h3-6,10,13H,7-9H2,1-2H3,(H,18,19). The maximum atomic E-state index is 13.0. The summed E-state index contributed by atoms with van der Waals surface area (Å²) in [6.45, 7) is 3.54. The van der Waals surface area contributed by atoms with E-state index in [1.807, 2.05) is 7.05 Å². The maximum Gasteiger partial charge on any atom is 0.305 e. The fourth-order valence-electron chi connectivity index (χ4n) is 2.63. The van der Waals surface area contributed by atoms with E-state index < -0.39 is 5.97 Å². The highest BCUT2D eigenvalue weighted by molar-refractivity contribution is 5.67. The molecule has 0 amide bonds. The monoisotopic (exact) mass is 266 g/mol. The van der Waals surface area contributed by atoms with Gasteiger partial charge in [-0.1, -0.05) is 0 Å². The summed E-state index contributed by atoms with van der Waals surface area (Å²) in [6, 6.07) is 6.63. The molecule has 1 aromatic rings. The van der Waals surface area contributed by atoms with Crippen LogP contribution in [0.3, 0.4) is 0 Å². The molecule has 0 radical (unpaired) electrons. The quantitative estimate of drug-likeness (QED) is 0.906. The molecule has 1 aliphatic heterocycles. The van der Waals surface area contributed by atoms with Crippen LogP contribution in [0, 0.1) is 5.82 Å². The fourth-order valence-corrected chi connectivity index (χ4v) is 2.63. The van der Waals surface area contributed by atoms with E-state index in [0.717, 1.165) is 12.2 Å². The van der Waals surface area contributed by atoms with Gasteiger partial charge in [0.1, 0.15) is 5.82 Å². The number of piperazine rings is 1. The van der Waals surface area contributed by atoms with E-state index in [9.17, 15) is 9.18 Å². The Balaban J connectivity index is 2.15. The molecule has 0 spiro atoms. The topological polar surface area (TPSA) is 43.8 Å². The molecule has 1 heterocycles. The molecule has 1 N–H and O–H groups in total. The number of carboxylic acids is 1. The van der Waals surface area contributed by atoms with Crippen molar-refractivity contribution in [2.24, 2.45) is 0 Å². The predicted molar refractivity (Wildman–Crippen MR) is 71.9 cm³/mol. The van der Waals surface area contributed by atoms with Crippen molar-refractivity contribution >= 4 is 11.7 Å². The second-order valence-electron chi connectivity index (χ2n) is 5.17. The highest BCUT2D eigenvalue weighted by Crippen LogP contribution is 2.24. The number of likely N-dealkylation sites (N-methyl/N-ethyl adjacent to an activating group) is 1. The molecule has 1 aliphatic rings. The van der Waals surface area contributed by atoms with Crippen molar-refractivity contribution in [2.75, 3.05) is 25.0 Å². The molecule has 0 aromatic heterocycles. The van der Waals surface area contributed by atoms with Crippen molar-refractivity contribution in [3.05, 3.63) is 30.1 Å².